The van der Waals surface area contributed by atoms with Crippen molar-refractivity contribution in [3.8, 4) is 11.3 Å². The summed E-state index contributed by atoms with van der Waals surface area (Å²) in [6.07, 6.45) is 0. The number of aromatic nitrogens is 1. The fourth-order valence-corrected chi connectivity index (χ4v) is 2.55. The second-order valence-corrected chi connectivity index (χ2v) is 4.83. The van der Waals surface area contributed by atoms with E-state index in [2.05, 4.69) is 54.6 Å². The first-order valence-corrected chi connectivity index (χ1v) is 6.67. The number of benzene rings is 3. The average molecular weight is 254 g/mol. The predicted molar refractivity (Wildman–Crippen MR) is 83.5 cm³/mol. The molecule has 0 atom stereocenters. The zero-order valence-electron chi connectivity index (χ0n) is 10.9. The summed E-state index contributed by atoms with van der Waals surface area (Å²) in [7, 11) is 0. The van der Waals surface area contributed by atoms with Gasteiger partial charge in [0.1, 0.15) is 0 Å². The van der Waals surface area contributed by atoms with Crippen LogP contribution in [-0.4, -0.2) is 4.98 Å². The van der Waals surface area contributed by atoms with Gasteiger partial charge in [0.2, 0.25) is 0 Å². The smallest absolute Gasteiger partial charge is 0.0794 e. The number of nitrogens with zero attached hydrogens (tertiary/aromatic N) is 1. The first kappa shape index (κ1) is 11.2. The molecule has 1 nitrogen and oxygen atoms in total. The van der Waals surface area contributed by atoms with E-state index in [1.54, 1.807) is 0 Å². The Bertz CT molecular complexity index is 895. The highest BCUT2D eigenvalue weighted by molar-refractivity contribution is 6.05. The van der Waals surface area contributed by atoms with E-state index in [1.165, 1.54) is 10.8 Å². The molecule has 20 heavy (non-hydrogen) atoms. The molecule has 0 aliphatic rings. The third kappa shape index (κ3) is 1.76. The van der Waals surface area contributed by atoms with Gasteiger partial charge in [0.05, 0.1) is 11.2 Å². The Morgan fingerprint density at radius 1 is 0.750 bits per heavy atom. The van der Waals surface area contributed by atoms with Crippen LogP contribution in [0.25, 0.3) is 32.9 Å². The van der Waals surface area contributed by atoms with Crippen LogP contribution in [-0.2, 0) is 0 Å². The summed E-state index contributed by atoms with van der Waals surface area (Å²) < 4.78 is 0. The minimum absolute atomic E-state index is 0.967. The summed E-state index contributed by atoms with van der Waals surface area (Å²) in [4.78, 5) is 4.84. The van der Waals surface area contributed by atoms with Gasteiger partial charge in [0.15, 0.2) is 0 Å². The topological polar surface area (TPSA) is 12.9 Å². The van der Waals surface area contributed by atoms with Crippen molar-refractivity contribution in [3.05, 3.63) is 78.9 Å². The van der Waals surface area contributed by atoms with Crippen molar-refractivity contribution in [2.24, 2.45) is 0 Å². The Balaban J connectivity index is 2.05. The van der Waals surface area contributed by atoms with E-state index >= 15 is 0 Å². The van der Waals surface area contributed by atoms with Crippen molar-refractivity contribution in [2.45, 2.75) is 0 Å². The molecule has 3 aromatic carbocycles. The van der Waals surface area contributed by atoms with E-state index in [1.807, 2.05) is 24.3 Å². The Kier molecular flexibility index (Phi) is 2.49. The average Bonchev–Trinajstić information content (AvgIpc) is 2.55. The molecule has 0 fully saturated rings. The van der Waals surface area contributed by atoms with Crippen molar-refractivity contribution in [1.82, 2.24) is 4.98 Å². The maximum atomic E-state index is 4.84. The molecular weight excluding hydrogens is 242 g/mol. The zero-order valence-corrected chi connectivity index (χ0v) is 10.9. The Hall–Kier alpha value is -2.67. The highest BCUT2D eigenvalue weighted by Gasteiger charge is 2.04. The van der Waals surface area contributed by atoms with Crippen LogP contribution in [0.15, 0.2) is 72.8 Å². The minimum Gasteiger partial charge on any atom is -0.247 e. The standard InChI is InChI=1S/C19H12N/c1-2-7-15(8-3-1)18-13-12-16-11-10-14-6-4-5-9-17(14)19(16)20-18/h1-11,13H. The third-order valence-electron chi connectivity index (χ3n) is 3.57. The molecule has 1 heterocycles. The van der Waals surface area contributed by atoms with Crippen molar-refractivity contribution in [1.29, 1.82) is 0 Å². The van der Waals surface area contributed by atoms with Crippen LogP contribution in [0.2, 0.25) is 0 Å². The van der Waals surface area contributed by atoms with Crippen LogP contribution in [0.1, 0.15) is 0 Å². The van der Waals surface area contributed by atoms with Gasteiger partial charge >= 0.3 is 0 Å². The van der Waals surface area contributed by atoms with Gasteiger partial charge in [-0.2, -0.15) is 0 Å². The number of rotatable bonds is 1. The van der Waals surface area contributed by atoms with Crippen LogP contribution in [0.5, 0.6) is 0 Å². The van der Waals surface area contributed by atoms with E-state index in [0.29, 0.717) is 0 Å². The largest absolute Gasteiger partial charge is 0.247 e. The lowest BCUT2D eigenvalue weighted by Crippen LogP contribution is -1.86. The lowest BCUT2D eigenvalue weighted by Gasteiger charge is -2.06. The van der Waals surface area contributed by atoms with Gasteiger partial charge in [0, 0.05) is 16.3 Å². The number of fused-ring (bicyclic) bond motifs is 3. The van der Waals surface area contributed by atoms with Gasteiger partial charge in [-0.1, -0.05) is 66.7 Å². The van der Waals surface area contributed by atoms with E-state index in [0.717, 1.165) is 22.2 Å². The fourth-order valence-electron chi connectivity index (χ4n) is 2.55. The Labute approximate surface area is 117 Å². The summed E-state index contributed by atoms with van der Waals surface area (Å²) in [6, 6.07) is 28.1. The van der Waals surface area contributed by atoms with Crippen molar-refractivity contribution in [2.75, 3.05) is 0 Å². The maximum Gasteiger partial charge on any atom is 0.0794 e. The van der Waals surface area contributed by atoms with E-state index in [4.69, 9.17) is 4.98 Å². The zero-order chi connectivity index (χ0) is 13.4. The molecular formula is C19H12N. The van der Waals surface area contributed by atoms with Gasteiger partial charge in [0.25, 0.3) is 0 Å². The summed E-state index contributed by atoms with van der Waals surface area (Å²) in [6.45, 7) is 0. The second kappa shape index (κ2) is 4.46. The first-order chi connectivity index (χ1) is 9.92. The maximum absolute atomic E-state index is 4.84. The summed E-state index contributed by atoms with van der Waals surface area (Å²) >= 11 is 0. The molecule has 4 rings (SSSR count). The molecule has 4 aromatic rings. The van der Waals surface area contributed by atoms with Crippen LogP contribution in [0.4, 0.5) is 0 Å². The lowest BCUT2D eigenvalue weighted by molar-refractivity contribution is 1.41. The second-order valence-electron chi connectivity index (χ2n) is 4.83. The van der Waals surface area contributed by atoms with Crippen LogP contribution < -0.4 is 0 Å². The van der Waals surface area contributed by atoms with E-state index < -0.39 is 0 Å². The molecule has 0 aliphatic carbocycles. The molecule has 93 valence electrons. The first-order valence-electron chi connectivity index (χ1n) is 6.67. The van der Waals surface area contributed by atoms with Crippen LogP contribution in [0, 0.1) is 6.07 Å². The van der Waals surface area contributed by atoms with Gasteiger partial charge in [-0.25, -0.2) is 4.98 Å². The summed E-state index contributed by atoms with van der Waals surface area (Å²) in [5.74, 6) is 0. The molecule has 0 unspecified atom stereocenters. The van der Waals surface area contributed by atoms with Crippen LogP contribution >= 0.6 is 0 Å². The quantitative estimate of drug-likeness (QED) is 0.442. The summed E-state index contributed by atoms with van der Waals surface area (Å²) in [5, 5.41) is 3.45. The van der Waals surface area contributed by atoms with Crippen molar-refractivity contribution < 1.29 is 0 Å². The normalized spacial score (nSPS) is 11.0. The molecule has 0 N–H and O–H groups in total. The van der Waals surface area contributed by atoms with Crippen molar-refractivity contribution >= 4 is 21.7 Å². The third-order valence-corrected chi connectivity index (χ3v) is 3.57. The van der Waals surface area contributed by atoms with Gasteiger partial charge in [-0.05, 0) is 17.5 Å². The van der Waals surface area contributed by atoms with E-state index in [-0.39, 0.29) is 0 Å². The molecule has 1 aromatic heterocycles. The fraction of sp³-hybridized carbons (Fsp3) is 0. The van der Waals surface area contributed by atoms with Crippen LogP contribution in [0.3, 0.4) is 0 Å². The summed E-state index contributed by atoms with van der Waals surface area (Å²) in [5.41, 5.74) is 3.11. The molecule has 0 saturated heterocycles. The molecule has 1 heteroatoms. The number of hydrogen-bond donors (Lipinski definition) is 0. The Morgan fingerprint density at radius 3 is 2.45 bits per heavy atom. The predicted octanol–water partition coefficient (Wildman–Crippen LogP) is 4.86. The molecule has 1 radical (unpaired) electrons. The highest BCUT2D eigenvalue weighted by atomic mass is 14.7. The SMILES string of the molecule is [c]1cc(-c2ccccc2)nc2c1ccc1ccccc12. The highest BCUT2D eigenvalue weighted by Crippen LogP contribution is 2.26. The number of pyridine rings is 1. The lowest BCUT2D eigenvalue weighted by atomic mass is 10.0. The van der Waals surface area contributed by atoms with E-state index in [9.17, 15) is 0 Å². The van der Waals surface area contributed by atoms with Gasteiger partial charge in [-0.15, -0.1) is 0 Å². The minimum atomic E-state index is 0.967. The Morgan fingerprint density at radius 2 is 1.55 bits per heavy atom. The monoisotopic (exact) mass is 254 g/mol. The van der Waals surface area contributed by atoms with Gasteiger partial charge in [-0.3, -0.25) is 0 Å². The molecule has 0 aliphatic heterocycles. The van der Waals surface area contributed by atoms with Gasteiger partial charge < -0.3 is 0 Å². The molecule has 0 bridgehead atoms. The molecule has 0 spiro atoms. The molecule has 0 saturated carbocycles. The van der Waals surface area contributed by atoms with Crippen molar-refractivity contribution in [3.63, 3.8) is 0 Å². The molecule has 0 amide bonds. The number of hydrogen-bond acceptors (Lipinski definition) is 1.